The van der Waals surface area contributed by atoms with E-state index < -0.39 is 17.3 Å². The molecule has 2 saturated heterocycles. The van der Waals surface area contributed by atoms with Crippen molar-refractivity contribution < 1.29 is 27.1 Å². The van der Waals surface area contributed by atoms with Gasteiger partial charge in [0.15, 0.2) is 0 Å². The van der Waals surface area contributed by atoms with Gasteiger partial charge >= 0.3 is 6.18 Å². The fourth-order valence-electron chi connectivity index (χ4n) is 5.37. The Labute approximate surface area is 209 Å². The number of halogens is 4. The number of likely N-dealkylation sites (tertiary alicyclic amines) is 1. The van der Waals surface area contributed by atoms with Crippen LogP contribution in [0.1, 0.15) is 62.1 Å². The number of rotatable bonds is 6. The molecule has 0 aliphatic carbocycles. The van der Waals surface area contributed by atoms with Gasteiger partial charge in [-0.05, 0) is 79.9 Å². The SMILES string of the molecule is CC(C)C1(C(=O)NCc2cncc(C(F)(F)F)c2)CCC(N2CCC(c3ccc(F)cc3)CC2)CO1. The van der Waals surface area contributed by atoms with Gasteiger partial charge in [-0.2, -0.15) is 13.2 Å². The highest BCUT2D eigenvalue weighted by molar-refractivity contribution is 5.85. The molecular weight excluding hydrogens is 474 g/mol. The van der Waals surface area contributed by atoms with Crippen LogP contribution in [0, 0.1) is 11.7 Å². The molecule has 4 rings (SSSR count). The maximum Gasteiger partial charge on any atom is 0.417 e. The number of carbonyl (C=O) groups excluding carboxylic acids is 1. The number of carbonyl (C=O) groups is 1. The highest BCUT2D eigenvalue weighted by atomic mass is 19.4. The summed E-state index contributed by atoms with van der Waals surface area (Å²) in [5.41, 5.74) is -0.400. The molecule has 0 spiro atoms. The smallest absolute Gasteiger partial charge is 0.363 e. The van der Waals surface area contributed by atoms with Crippen LogP contribution in [-0.4, -0.2) is 47.1 Å². The van der Waals surface area contributed by atoms with Crippen LogP contribution < -0.4 is 5.32 Å². The van der Waals surface area contributed by atoms with E-state index in [0.29, 0.717) is 18.9 Å². The molecule has 0 radical (unpaired) electrons. The topological polar surface area (TPSA) is 54.5 Å². The summed E-state index contributed by atoms with van der Waals surface area (Å²) in [6.07, 6.45) is 0.934. The number of nitrogens with one attached hydrogen (secondary N) is 1. The van der Waals surface area contributed by atoms with Crippen LogP contribution >= 0.6 is 0 Å². The van der Waals surface area contributed by atoms with E-state index >= 15 is 0 Å². The number of aromatic nitrogens is 1. The first-order chi connectivity index (χ1) is 17.1. The lowest BCUT2D eigenvalue weighted by Crippen LogP contribution is -2.58. The van der Waals surface area contributed by atoms with E-state index in [0.717, 1.165) is 44.6 Å². The van der Waals surface area contributed by atoms with Crippen molar-refractivity contribution in [2.45, 2.75) is 69.8 Å². The van der Waals surface area contributed by atoms with Crippen LogP contribution in [0.25, 0.3) is 0 Å². The Bertz CT molecular complexity index is 1030. The molecule has 2 aliphatic heterocycles. The van der Waals surface area contributed by atoms with E-state index in [1.807, 2.05) is 26.0 Å². The number of ether oxygens (including phenoxy) is 1. The van der Waals surface area contributed by atoms with E-state index in [2.05, 4.69) is 15.2 Å². The Morgan fingerprint density at radius 2 is 1.86 bits per heavy atom. The number of pyridine rings is 1. The third-order valence-electron chi connectivity index (χ3n) is 7.66. The van der Waals surface area contributed by atoms with Gasteiger partial charge in [0.05, 0.1) is 12.2 Å². The Hall–Kier alpha value is -2.52. The molecule has 0 saturated carbocycles. The van der Waals surface area contributed by atoms with Crippen LogP contribution in [0.3, 0.4) is 0 Å². The molecule has 1 aromatic heterocycles. The number of hydrogen-bond donors (Lipinski definition) is 1. The van der Waals surface area contributed by atoms with Crippen molar-refractivity contribution in [2.75, 3.05) is 19.7 Å². The van der Waals surface area contributed by atoms with Gasteiger partial charge < -0.3 is 10.1 Å². The van der Waals surface area contributed by atoms with Crippen LogP contribution in [0.15, 0.2) is 42.7 Å². The predicted octanol–water partition coefficient (Wildman–Crippen LogP) is 5.31. The zero-order valence-electron chi connectivity index (χ0n) is 20.7. The third-order valence-corrected chi connectivity index (χ3v) is 7.66. The minimum atomic E-state index is -4.48. The predicted molar refractivity (Wildman–Crippen MR) is 128 cm³/mol. The molecule has 3 heterocycles. The third kappa shape index (κ3) is 5.89. The molecule has 2 aromatic rings. The van der Waals surface area contributed by atoms with E-state index in [9.17, 15) is 22.4 Å². The fourth-order valence-corrected chi connectivity index (χ4v) is 5.37. The monoisotopic (exact) mass is 507 g/mol. The Morgan fingerprint density at radius 1 is 1.17 bits per heavy atom. The first kappa shape index (κ1) is 26.5. The minimum Gasteiger partial charge on any atom is -0.363 e. The number of nitrogens with zero attached hydrogens (tertiary/aromatic N) is 2. The molecule has 1 aromatic carbocycles. The molecule has 0 bridgehead atoms. The molecule has 36 heavy (non-hydrogen) atoms. The first-order valence-corrected chi connectivity index (χ1v) is 12.5. The van der Waals surface area contributed by atoms with E-state index in [1.54, 1.807) is 0 Å². The lowest BCUT2D eigenvalue weighted by molar-refractivity contribution is -0.170. The van der Waals surface area contributed by atoms with E-state index in [1.165, 1.54) is 23.9 Å². The molecule has 2 aliphatic rings. The minimum absolute atomic E-state index is 0.0477. The van der Waals surface area contributed by atoms with Crippen LogP contribution in [0.5, 0.6) is 0 Å². The van der Waals surface area contributed by atoms with Crippen molar-refractivity contribution in [1.82, 2.24) is 15.2 Å². The van der Waals surface area contributed by atoms with Gasteiger partial charge in [0.25, 0.3) is 5.91 Å². The zero-order chi connectivity index (χ0) is 25.9. The molecule has 1 amide bonds. The maximum absolute atomic E-state index is 13.2. The summed E-state index contributed by atoms with van der Waals surface area (Å²) in [6, 6.07) is 7.97. The molecule has 2 atom stereocenters. The summed E-state index contributed by atoms with van der Waals surface area (Å²) in [5, 5.41) is 2.78. The van der Waals surface area contributed by atoms with E-state index in [4.69, 9.17) is 4.74 Å². The van der Waals surface area contributed by atoms with Crippen molar-refractivity contribution in [3.8, 4) is 0 Å². The lowest BCUT2D eigenvalue weighted by atomic mass is 9.80. The zero-order valence-corrected chi connectivity index (χ0v) is 20.7. The van der Waals surface area contributed by atoms with Crippen LogP contribution in [-0.2, 0) is 22.3 Å². The second-order valence-corrected chi connectivity index (χ2v) is 10.2. The van der Waals surface area contributed by atoms with Gasteiger partial charge in [-0.1, -0.05) is 26.0 Å². The van der Waals surface area contributed by atoms with Gasteiger partial charge in [-0.15, -0.1) is 0 Å². The second kappa shape index (κ2) is 10.8. The van der Waals surface area contributed by atoms with Gasteiger partial charge in [0, 0.05) is 25.0 Å². The van der Waals surface area contributed by atoms with Crippen molar-refractivity contribution in [1.29, 1.82) is 0 Å². The maximum atomic E-state index is 13.2. The van der Waals surface area contributed by atoms with Crippen molar-refractivity contribution in [2.24, 2.45) is 5.92 Å². The quantitative estimate of drug-likeness (QED) is 0.539. The fraction of sp³-hybridized carbons (Fsp3) is 0.556. The number of alkyl halides is 3. The molecule has 2 unspecified atom stereocenters. The average molecular weight is 508 g/mol. The second-order valence-electron chi connectivity index (χ2n) is 10.2. The molecule has 2 fully saturated rings. The average Bonchev–Trinajstić information content (AvgIpc) is 2.87. The number of piperidine rings is 1. The summed E-state index contributed by atoms with van der Waals surface area (Å²) in [7, 11) is 0. The largest absolute Gasteiger partial charge is 0.417 e. The first-order valence-electron chi connectivity index (χ1n) is 12.5. The van der Waals surface area contributed by atoms with E-state index in [-0.39, 0.29) is 35.8 Å². The van der Waals surface area contributed by atoms with Gasteiger partial charge in [0.1, 0.15) is 11.4 Å². The summed E-state index contributed by atoms with van der Waals surface area (Å²) in [4.78, 5) is 19.3. The summed E-state index contributed by atoms with van der Waals surface area (Å²) >= 11 is 0. The molecular formula is C27H33F4N3O2. The molecule has 9 heteroatoms. The molecule has 5 nitrogen and oxygen atoms in total. The lowest BCUT2D eigenvalue weighted by Gasteiger charge is -2.46. The Morgan fingerprint density at radius 3 is 2.44 bits per heavy atom. The highest BCUT2D eigenvalue weighted by Crippen LogP contribution is 2.36. The van der Waals surface area contributed by atoms with Crippen LogP contribution in [0.2, 0.25) is 0 Å². The number of benzene rings is 1. The number of amides is 1. The molecule has 1 N–H and O–H groups in total. The van der Waals surface area contributed by atoms with Crippen molar-refractivity contribution >= 4 is 5.91 Å². The number of hydrogen-bond acceptors (Lipinski definition) is 4. The highest BCUT2D eigenvalue weighted by Gasteiger charge is 2.46. The van der Waals surface area contributed by atoms with Gasteiger partial charge in [-0.25, -0.2) is 4.39 Å². The summed E-state index contributed by atoms with van der Waals surface area (Å²) in [6.45, 7) is 6.07. The normalized spacial score (nSPS) is 24.1. The molecule has 196 valence electrons. The van der Waals surface area contributed by atoms with Crippen molar-refractivity contribution in [3.05, 3.63) is 65.2 Å². The van der Waals surface area contributed by atoms with Crippen molar-refractivity contribution in [3.63, 3.8) is 0 Å². The summed E-state index contributed by atoms with van der Waals surface area (Å²) < 4.78 is 58.4. The van der Waals surface area contributed by atoms with Gasteiger partial charge in [0.2, 0.25) is 0 Å². The van der Waals surface area contributed by atoms with Gasteiger partial charge in [-0.3, -0.25) is 14.7 Å². The Balaban J connectivity index is 1.32. The standard InChI is InChI=1S/C27H33F4N3O2/c1-18(2)26(25(35)33-15-19-13-22(16-32-14-19)27(29,30)31)10-7-24(17-36-26)34-11-8-21(9-12-34)20-3-5-23(28)6-4-20/h3-6,13-14,16,18,21,24H,7-12,15,17H2,1-2H3,(H,33,35). The Kier molecular flexibility index (Phi) is 7.99. The summed E-state index contributed by atoms with van der Waals surface area (Å²) in [5.74, 6) is -0.206. The van der Waals surface area contributed by atoms with Crippen LogP contribution in [0.4, 0.5) is 17.6 Å².